The fraction of sp³-hybridized carbons (Fsp3) is 0.375. The zero-order valence-corrected chi connectivity index (χ0v) is 13.7. The molecule has 8 heteroatoms. The Morgan fingerprint density at radius 2 is 1.96 bits per heavy atom. The van der Waals surface area contributed by atoms with E-state index in [0.717, 1.165) is 4.88 Å². The molecular weight excluding hydrogens is 343 g/mol. The normalized spacial score (nSPS) is 11.5. The Labute approximate surface area is 140 Å². The molecule has 0 aromatic carbocycles. The first kappa shape index (κ1) is 18.3. The molecule has 0 saturated carbocycles. The van der Waals surface area contributed by atoms with Crippen molar-refractivity contribution in [1.29, 1.82) is 0 Å². The first-order valence-corrected chi connectivity index (χ1v) is 8.03. The second kappa shape index (κ2) is 7.65. The lowest BCUT2D eigenvalue weighted by Gasteiger charge is -2.23. The molecule has 2 heterocycles. The van der Waals surface area contributed by atoms with Gasteiger partial charge in [-0.2, -0.15) is 13.2 Å². The van der Waals surface area contributed by atoms with Gasteiger partial charge < -0.3 is 9.32 Å². The minimum absolute atomic E-state index is 0.120. The Bertz CT molecular complexity index is 692. The fourth-order valence-electron chi connectivity index (χ4n) is 2.13. The van der Waals surface area contributed by atoms with Crippen LogP contribution in [-0.4, -0.2) is 29.3 Å². The lowest BCUT2D eigenvalue weighted by molar-refractivity contribution is -0.162. The minimum atomic E-state index is -4.52. The van der Waals surface area contributed by atoms with Crippen LogP contribution in [0.1, 0.15) is 33.2 Å². The van der Waals surface area contributed by atoms with E-state index in [4.69, 9.17) is 4.42 Å². The molecule has 24 heavy (non-hydrogen) atoms. The van der Waals surface area contributed by atoms with Gasteiger partial charge in [0.2, 0.25) is 5.91 Å². The highest BCUT2D eigenvalue weighted by molar-refractivity contribution is 7.14. The van der Waals surface area contributed by atoms with Crippen LogP contribution in [0.2, 0.25) is 0 Å². The molecule has 0 unspecified atom stereocenters. The van der Waals surface area contributed by atoms with Crippen molar-refractivity contribution in [1.82, 2.24) is 4.90 Å². The van der Waals surface area contributed by atoms with Crippen molar-refractivity contribution in [2.75, 3.05) is 6.54 Å². The second-order valence-electron chi connectivity index (χ2n) is 5.28. The summed E-state index contributed by atoms with van der Waals surface area (Å²) in [5.74, 6) is -0.718. The van der Waals surface area contributed by atoms with Gasteiger partial charge in [-0.3, -0.25) is 9.59 Å². The third kappa shape index (κ3) is 5.52. The van der Waals surface area contributed by atoms with Crippen molar-refractivity contribution in [2.45, 2.75) is 32.5 Å². The molecule has 4 nitrogen and oxygen atoms in total. The van der Waals surface area contributed by atoms with Crippen LogP contribution in [0, 0.1) is 6.92 Å². The van der Waals surface area contributed by atoms with E-state index >= 15 is 0 Å². The van der Waals surface area contributed by atoms with Gasteiger partial charge in [-0.05, 0) is 31.2 Å². The number of Topliss-reactive ketones (excluding diaryl/α,β-unsaturated/α-hetero) is 1. The van der Waals surface area contributed by atoms with E-state index in [1.54, 1.807) is 12.1 Å². The van der Waals surface area contributed by atoms with Gasteiger partial charge in [0.25, 0.3) is 0 Å². The SMILES string of the molecule is Cc1ccc(C(=O)CCC(=O)N(Cc2ccco2)CC(F)(F)F)s1. The summed E-state index contributed by atoms with van der Waals surface area (Å²) in [6, 6.07) is 6.47. The molecule has 0 N–H and O–H groups in total. The number of thiophene rings is 1. The number of carbonyl (C=O) groups is 2. The zero-order valence-electron chi connectivity index (χ0n) is 12.9. The Balaban J connectivity index is 1.97. The van der Waals surface area contributed by atoms with Crippen LogP contribution in [-0.2, 0) is 11.3 Å². The van der Waals surface area contributed by atoms with E-state index in [1.807, 2.05) is 6.92 Å². The number of aryl methyl sites for hydroxylation is 1. The molecule has 1 amide bonds. The van der Waals surface area contributed by atoms with Gasteiger partial charge in [0.05, 0.1) is 17.7 Å². The maximum Gasteiger partial charge on any atom is 0.406 e. The lowest BCUT2D eigenvalue weighted by Crippen LogP contribution is -2.38. The Morgan fingerprint density at radius 1 is 1.21 bits per heavy atom. The number of furan rings is 1. The monoisotopic (exact) mass is 359 g/mol. The molecule has 0 saturated heterocycles. The molecule has 0 spiro atoms. The molecule has 2 rings (SSSR count). The standard InChI is InChI=1S/C16H16F3NO3S/c1-11-4-6-14(24-11)13(21)5-7-15(22)20(10-16(17,18)19)9-12-3-2-8-23-12/h2-4,6,8H,5,7,9-10H2,1H3. The lowest BCUT2D eigenvalue weighted by atomic mass is 10.1. The van der Waals surface area contributed by atoms with Crippen LogP contribution in [0.4, 0.5) is 13.2 Å². The maximum atomic E-state index is 12.7. The quantitative estimate of drug-likeness (QED) is 0.696. The van der Waals surface area contributed by atoms with Crippen LogP contribution < -0.4 is 0 Å². The van der Waals surface area contributed by atoms with Crippen molar-refractivity contribution in [3.63, 3.8) is 0 Å². The summed E-state index contributed by atoms with van der Waals surface area (Å²) >= 11 is 1.30. The smallest absolute Gasteiger partial charge is 0.406 e. The highest BCUT2D eigenvalue weighted by Gasteiger charge is 2.33. The van der Waals surface area contributed by atoms with E-state index in [2.05, 4.69) is 0 Å². The Hall–Kier alpha value is -2.09. The zero-order chi connectivity index (χ0) is 17.7. The van der Waals surface area contributed by atoms with E-state index in [-0.39, 0.29) is 30.9 Å². The van der Waals surface area contributed by atoms with Crippen molar-refractivity contribution in [3.8, 4) is 0 Å². The molecule has 0 fully saturated rings. The van der Waals surface area contributed by atoms with Gasteiger partial charge in [0.15, 0.2) is 5.78 Å². The number of carbonyl (C=O) groups excluding carboxylic acids is 2. The first-order valence-electron chi connectivity index (χ1n) is 7.21. The summed E-state index contributed by atoms with van der Waals surface area (Å²) in [6.07, 6.45) is -3.58. The van der Waals surface area contributed by atoms with E-state index in [0.29, 0.717) is 9.78 Å². The van der Waals surface area contributed by atoms with Crippen LogP contribution in [0.15, 0.2) is 34.9 Å². The molecule has 0 bridgehead atoms. The van der Waals surface area contributed by atoms with Gasteiger partial charge in [0, 0.05) is 17.7 Å². The Morgan fingerprint density at radius 3 is 2.50 bits per heavy atom. The summed E-state index contributed by atoms with van der Waals surface area (Å²) in [6.45, 7) is 0.192. The molecule has 0 atom stereocenters. The van der Waals surface area contributed by atoms with E-state index < -0.39 is 18.6 Å². The van der Waals surface area contributed by atoms with Gasteiger partial charge in [-0.15, -0.1) is 11.3 Å². The molecule has 0 radical (unpaired) electrons. The average molecular weight is 359 g/mol. The predicted molar refractivity (Wildman–Crippen MR) is 82.8 cm³/mol. The van der Waals surface area contributed by atoms with Gasteiger partial charge in [0.1, 0.15) is 12.3 Å². The van der Waals surface area contributed by atoms with Crippen molar-refractivity contribution in [3.05, 3.63) is 46.0 Å². The molecule has 0 aliphatic heterocycles. The van der Waals surface area contributed by atoms with Gasteiger partial charge in [-0.25, -0.2) is 0 Å². The number of halogens is 3. The minimum Gasteiger partial charge on any atom is -0.467 e. The number of nitrogens with zero attached hydrogens (tertiary/aromatic N) is 1. The summed E-state index contributed by atoms with van der Waals surface area (Å²) in [5, 5.41) is 0. The number of amides is 1. The molecule has 0 aliphatic carbocycles. The molecule has 0 aliphatic rings. The highest BCUT2D eigenvalue weighted by Crippen LogP contribution is 2.21. The summed E-state index contributed by atoms with van der Waals surface area (Å²) in [5.41, 5.74) is 0. The maximum absolute atomic E-state index is 12.7. The van der Waals surface area contributed by atoms with E-state index in [9.17, 15) is 22.8 Å². The van der Waals surface area contributed by atoms with Crippen molar-refractivity contribution in [2.24, 2.45) is 0 Å². The Kier molecular flexibility index (Phi) is 5.82. The second-order valence-corrected chi connectivity index (χ2v) is 6.57. The third-order valence-electron chi connectivity index (χ3n) is 3.23. The summed E-state index contributed by atoms with van der Waals surface area (Å²) in [4.78, 5) is 26.2. The van der Waals surface area contributed by atoms with Crippen LogP contribution >= 0.6 is 11.3 Å². The number of hydrogen-bond donors (Lipinski definition) is 0. The van der Waals surface area contributed by atoms with Crippen LogP contribution in [0.5, 0.6) is 0 Å². The number of rotatable bonds is 7. The fourth-order valence-corrected chi connectivity index (χ4v) is 2.96. The predicted octanol–water partition coefficient (Wildman–Crippen LogP) is 4.20. The highest BCUT2D eigenvalue weighted by atomic mass is 32.1. The number of alkyl halides is 3. The molecule has 2 aromatic rings. The molecule has 130 valence electrons. The van der Waals surface area contributed by atoms with Crippen molar-refractivity contribution >= 4 is 23.0 Å². The largest absolute Gasteiger partial charge is 0.467 e. The van der Waals surface area contributed by atoms with Gasteiger partial charge >= 0.3 is 6.18 Å². The van der Waals surface area contributed by atoms with Crippen LogP contribution in [0.25, 0.3) is 0 Å². The van der Waals surface area contributed by atoms with Gasteiger partial charge in [-0.1, -0.05) is 0 Å². The van der Waals surface area contributed by atoms with Crippen molar-refractivity contribution < 1.29 is 27.2 Å². The number of hydrogen-bond acceptors (Lipinski definition) is 4. The third-order valence-corrected chi connectivity index (χ3v) is 4.27. The first-order chi connectivity index (χ1) is 11.2. The summed E-state index contributed by atoms with van der Waals surface area (Å²) < 4.78 is 43.0. The van der Waals surface area contributed by atoms with Crippen LogP contribution in [0.3, 0.4) is 0 Å². The number of ketones is 1. The van der Waals surface area contributed by atoms with E-state index in [1.165, 1.54) is 29.7 Å². The summed E-state index contributed by atoms with van der Waals surface area (Å²) in [7, 11) is 0. The topological polar surface area (TPSA) is 50.5 Å². The average Bonchev–Trinajstić information content (AvgIpc) is 3.13. The molecular formula is C16H16F3NO3S. The molecule has 2 aromatic heterocycles.